The third-order valence-electron chi connectivity index (χ3n) is 6.56. The van der Waals surface area contributed by atoms with E-state index >= 15 is 0 Å². The van der Waals surface area contributed by atoms with Crippen LogP contribution in [0, 0.1) is 5.92 Å². The quantitative estimate of drug-likeness (QED) is 0.346. The van der Waals surface area contributed by atoms with Crippen molar-refractivity contribution in [2.45, 2.75) is 64.3 Å². The average molecular weight is 481 g/mol. The minimum Gasteiger partial charge on any atom is -0.481 e. The maximum atomic E-state index is 12.7. The number of ether oxygens (including phenoxy) is 1. The molecule has 0 bridgehead atoms. The molecule has 3 N–H and O–H groups in total. The van der Waals surface area contributed by atoms with Crippen LogP contribution in [-0.4, -0.2) is 42.3 Å². The van der Waals surface area contributed by atoms with E-state index in [1.165, 1.54) is 11.1 Å². The van der Waals surface area contributed by atoms with Crippen LogP contribution in [0.3, 0.4) is 0 Å². The molecule has 0 saturated heterocycles. The molecule has 1 aliphatic carbocycles. The summed E-state index contributed by atoms with van der Waals surface area (Å²) in [6.07, 6.45) is 3.28. The first kappa shape index (κ1) is 26.3. The summed E-state index contributed by atoms with van der Waals surface area (Å²) < 4.78 is 5.64. The molecular formula is C28H36N2O5. The van der Waals surface area contributed by atoms with Gasteiger partial charge in [-0.15, -0.1) is 0 Å². The van der Waals surface area contributed by atoms with Crippen LogP contribution in [-0.2, 0) is 14.3 Å². The van der Waals surface area contributed by atoms with Gasteiger partial charge in [0, 0.05) is 24.9 Å². The molecule has 1 aliphatic rings. The number of hydrogen-bond donors (Lipinski definition) is 3. The largest absolute Gasteiger partial charge is 0.481 e. The summed E-state index contributed by atoms with van der Waals surface area (Å²) in [5.74, 6) is -1.44. The Labute approximate surface area is 207 Å². The molecule has 188 valence electrons. The van der Waals surface area contributed by atoms with Gasteiger partial charge in [0.15, 0.2) is 0 Å². The molecule has 7 heteroatoms. The second-order valence-corrected chi connectivity index (χ2v) is 9.24. The van der Waals surface area contributed by atoms with Gasteiger partial charge in [-0.1, -0.05) is 75.2 Å². The molecule has 0 heterocycles. The van der Waals surface area contributed by atoms with Crippen molar-refractivity contribution in [1.29, 1.82) is 0 Å². The van der Waals surface area contributed by atoms with Crippen molar-refractivity contribution in [1.82, 2.24) is 10.6 Å². The Morgan fingerprint density at radius 1 is 0.971 bits per heavy atom. The molecule has 2 aromatic rings. The van der Waals surface area contributed by atoms with E-state index in [9.17, 15) is 14.4 Å². The molecule has 7 nitrogen and oxygen atoms in total. The summed E-state index contributed by atoms with van der Waals surface area (Å²) >= 11 is 0. The lowest BCUT2D eigenvalue weighted by Gasteiger charge is -2.20. The molecule has 0 fully saturated rings. The van der Waals surface area contributed by atoms with E-state index < -0.39 is 18.0 Å². The van der Waals surface area contributed by atoms with Crippen molar-refractivity contribution in [2.75, 3.05) is 13.2 Å². The number of carbonyl (C=O) groups is 3. The van der Waals surface area contributed by atoms with Gasteiger partial charge in [0.05, 0.1) is 5.92 Å². The van der Waals surface area contributed by atoms with E-state index in [1.807, 2.05) is 24.3 Å². The number of alkyl carbamates (subject to hydrolysis) is 1. The van der Waals surface area contributed by atoms with Crippen LogP contribution in [0.1, 0.15) is 69.4 Å². The molecule has 0 saturated carbocycles. The number of nitrogens with one attached hydrogen (secondary N) is 2. The van der Waals surface area contributed by atoms with Crippen LogP contribution >= 0.6 is 0 Å². The molecule has 0 aromatic heterocycles. The molecule has 0 spiro atoms. The number of unbranched alkanes of at least 4 members (excludes halogenated alkanes) is 1. The normalized spacial score (nSPS) is 13.9. The van der Waals surface area contributed by atoms with E-state index in [4.69, 9.17) is 9.84 Å². The smallest absolute Gasteiger partial charge is 0.407 e. The summed E-state index contributed by atoms with van der Waals surface area (Å²) in [7, 11) is 0. The topological polar surface area (TPSA) is 105 Å². The van der Waals surface area contributed by atoms with Gasteiger partial charge in [0.25, 0.3) is 0 Å². The number of rotatable bonds is 13. The van der Waals surface area contributed by atoms with Crippen molar-refractivity contribution < 1.29 is 24.2 Å². The van der Waals surface area contributed by atoms with Gasteiger partial charge >= 0.3 is 12.1 Å². The predicted molar refractivity (Wildman–Crippen MR) is 135 cm³/mol. The summed E-state index contributed by atoms with van der Waals surface area (Å²) in [6, 6.07) is 16.1. The number of carboxylic acid groups (broad SMARTS) is 1. The third-order valence-corrected chi connectivity index (χ3v) is 6.56. The minimum absolute atomic E-state index is 0.0151. The summed E-state index contributed by atoms with van der Waals surface area (Å²) in [6.45, 7) is 4.37. The number of benzene rings is 2. The van der Waals surface area contributed by atoms with Gasteiger partial charge in [-0.3, -0.25) is 9.59 Å². The minimum atomic E-state index is -0.830. The fourth-order valence-corrected chi connectivity index (χ4v) is 4.54. The molecule has 2 amide bonds. The van der Waals surface area contributed by atoms with Crippen LogP contribution in [0.15, 0.2) is 48.5 Å². The molecule has 0 radical (unpaired) electrons. The number of fused-ring (bicyclic) bond motifs is 3. The van der Waals surface area contributed by atoms with Crippen molar-refractivity contribution in [2.24, 2.45) is 5.92 Å². The van der Waals surface area contributed by atoms with Crippen LogP contribution in [0.5, 0.6) is 0 Å². The van der Waals surface area contributed by atoms with Crippen molar-refractivity contribution in [3.8, 4) is 11.1 Å². The zero-order valence-corrected chi connectivity index (χ0v) is 20.6. The van der Waals surface area contributed by atoms with Gasteiger partial charge in [-0.2, -0.15) is 0 Å². The fraction of sp³-hybridized carbons (Fsp3) is 0.464. The maximum Gasteiger partial charge on any atom is 0.407 e. The first-order chi connectivity index (χ1) is 16.9. The van der Waals surface area contributed by atoms with Gasteiger partial charge in [0.2, 0.25) is 5.91 Å². The second-order valence-electron chi connectivity index (χ2n) is 9.24. The predicted octanol–water partition coefficient (Wildman–Crippen LogP) is 5.09. The van der Waals surface area contributed by atoms with Gasteiger partial charge in [-0.25, -0.2) is 4.79 Å². The Balaban J connectivity index is 1.50. The van der Waals surface area contributed by atoms with E-state index in [0.717, 1.165) is 24.0 Å². The fourth-order valence-electron chi connectivity index (χ4n) is 4.54. The highest BCUT2D eigenvalue weighted by Crippen LogP contribution is 2.44. The summed E-state index contributed by atoms with van der Waals surface area (Å²) in [4.78, 5) is 36.0. The first-order valence-electron chi connectivity index (χ1n) is 12.5. The molecule has 1 unspecified atom stereocenters. The molecule has 3 rings (SSSR count). The third kappa shape index (κ3) is 7.31. The lowest BCUT2D eigenvalue weighted by molar-refractivity contribution is -0.141. The number of carbonyl (C=O) groups excluding carboxylic acids is 2. The molecule has 0 aliphatic heterocycles. The Kier molecular flexibility index (Phi) is 9.70. The summed E-state index contributed by atoms with van der Waals surface area (Å²) in [5.41, 5.74) is 4.65. The highest BCUT2D eigenvalue weighted by Gasteiger charge is 2.29. The molecule has 35 heavy (non-hydrogen) atoms. The number of carboxylic acids is 1. The molecule has 2 aromatic carbocycles. The van der Waals surface area contributed by atoms with Crippen molar-refractivity contribution in [3.63, 3.8) is 0 Å². The highest BCUT2D eigenvalue weighted by atomic mass is 16.5. The lowest BCUT2D eigenvalue weighted by atomic mass is 9.98. The van der Waals surface area contributed by atoms with Gasteiger partial charge in [0.1, 0.15) is 6.61 Å². The van der Waals surface area contributed by atoms with Crippen LogP contribution in [0.2, 0.25) is 0 Å². The zero-order valence-electron chi connectivity index (χ0n) is 20.6. The van der Waals surface area contributed by atoms with Gasteiger partial charge in [-0.05, 0) is 41.5 Å². The highest BCUT2D eigenvalue weighted by molar-refractivity contribution is 5.79. The van der Waals surface area contributed by atoms with Crippen LogP contribution < -0.4 is 10.6 Å². The first-order valence-corrected chi connectivity index (χ1v) is 12.5. The Bertz CT molecular complexity index is 976. The van der Waals surface area contributed by atoms with E-state index in [-0.39, 0.29) is 30.9 Å². The summed E-state index contributed by atoms with van der Waals surface area (Å²) in [5, 5.41) is 14.7. The zero-order chi connectivity index (χ0) is 25.2. The average Bonchev–Trinajstić information content (AvgIpc) is 3.17. The Morgan fingerprint density at radius 2 is 1.60 bits per heavy atom. The van der Waals surface area contributed by atoms with Crippen LogP contribution in [0.25, 0.3) is 11.1 Å². The van der Waals surface area contributed by atoms with E-state index in [0.29, 0.717) is 25.8 Å². The number of aliphatic carboxylic acids is 1. The standard InChI is InChI=1S/C28H36N2O5/c1-3-4-11-20(17-26(31)29-16-9-10-19(2)27(32)33)30-28(34)35-18-25-23-14-7-5-12-21(23)22-13-6-8-15-24(22)25/h5-8,12-15,19-20,25H,3-4,9-11,16-18H2,1-2H3,(H,29,31)(H,30,34)(H,32,33)/t19?,20-/m0/s1. The van der Waals surface area contributed by atoms with E-state index in [1.54, 1.807) is 6.92 Å². The molecular weight excluding hydrogens is 444 g/mol. The Hall–Kier alpha value is -3.35. The Morgan fingerprint density at radius 3 is 2.20 bits per heavy atom. The van der Waals surface area contributed by atoms with Crippen molar-refractivity contribution in [3.05, 3.63) is 59.7 Å². The van der Waals surface area contributed by atoms with Gasteiger partial charge < -0.3 is 20.5 Å². The maximum absolute atomic E-state index is 12.7. The van der Waals surface area contributed by atoms with E-state index in [2.05, 4.69) is 41.8 Å². The van der Waals surface area contributed by atoms with Crippen molar-refractivity contribution >= 4 is 18.0 Å². The number of hydrogen-bond acceptors (Lipinski definition) is 4. The molecule has 2 atom stereocenters. The SMILES string of the molecule is CCCC[C@@H](CC(=O)NCCCC(C)C(=O)O)NC(=O)OCC1c2ccccc2-c2ccccc21. The lowest BCUT2D eigenvalue weighted by Crippen LogP contribution is -2.40. The number of amides is 2. The second kappa shape index (κ2) is 12.9. The monoisotopic (exact) mass is 480 g/mol. The van der Waals surface area contributed by atoms with Crippen LogP contribution in [0.4, 0.5) is 4.79 Å².